The van der Waals surface area contributed by atoms with Gasteiger partial charge in [-0.2, -0.15) is 0 Å². The SMILES string of the molecule is CC(=O)NCc1cccc(-c2ccc(OCC3CCN(C(=O)O)CC3)cn2)c1. The van der Waals surface area contributed by atoms with Crippen LogP contribution in [-0.2, 0) is 11.3 Å². The molecule has 2 heterocycles. The second kappa shape index (κ2) is 9.21. The number of piperidine rings is 1. The Balaban J connectivity index is 1.53. The second-order valence-corrected chi connectivity index (χ2v) is 7.01. The lowest BCUT2D eigenvalue weighted by atomic mass is 9.98. The van der Waals surface area contributed by atoms with Crippen molar-refractivity contribution in [3.63, 3.8) is 0 Å². The Hall–Kier alpha value is -3.09. The summed E-state index contributed by atoms with van der Waals surface area (Å²) in [5, 5.41) is 11.8. The molecule has 1 aromatic carbocycles. The third-order valence-electron chi connectivity index (χ3n) is 4.87. The number of carbonyl (C=O) groups is 2. The van der Waals surface area contributed by atoms with Gasteiger partial charge in [-0.05, 0) is 42.5 Å². The van der Waals surface area contributed by atoms with Gasteiger partial charge in [0.15, 0.2) is 0 Å². The summed E-state index contributed by atoms with van der Waals surface area (Å²) in [7, 11) is 0. The Labute approximate surface area is 164 Å². The van der Waals surface area contributed by atoms with Crippen LogP contribution < -0.4 is 10.1 Å². The molecule has 2 amide bonds. The average Bonchev–Trinajstić information content (AvgIpc) is 2.71. The van der Waals surface area contributed by atoms with E-state index >= 15 is 0 Å². The molecule has 3 rings (SSSR count). The minimum absolute atomic E-state index is 0.0568. The normalized spacial score (nSPS) is 14.5. The molecule has 148 valence electrons. The van der Waals surface area contributed by atoms with Crippen molar-refractivity contribution in [1.29, 1.82) is 0 Å². The number of ether oxygens (including phenoxy) is 1. The fraction of sp³-hybridized carbons (Fsp3) is 0.381. The monoisotopic (exact) mass is 383 g/mol. The highest BCUT2D eigenvalue weighted by molar-refractivity contribution is 5.73. The molecule has 2 N–H and O–H groups in total. The van der Waals surface area contributed by atoms with Gasteiger partial charge in [-0.25, -0.2) is 4.79 Å². The summed E-state index contributed by atoms with van der Waals surface area (Å²) in [6, 6.07) is 11.7. The topological polar surface area (TPSA) is 91.8 Å². The van der Waals surface area contributed by atoms with E-state index in [-0.39, 0.29) is 5.91 Å². The summed E-state index contributed by atoms with van der Waals surface area (Å²) < 4.78 is 5.84. The van der Waals surface area contributed by atoms with Crippen LogP contribution in [0.5, 0.6) is 5.75 Å². The molecule has 0 bridgehead atoms. The van der Waals surface area contributed by atoms with Crippen LogP contribution in [0.15, 0.2) is 42.6 Å². The van der Waals surface area contributed by atoms with Crippen LogP contribution in [0.1, 0.15) is 25.3 Å². The first-order valence-electron chi connectivity index (χ1n) is 9.42. The van der Waals surface area contributed by atoms with Crippen molar-refractivity contribution in [3.05, 3.63) is 48.2 Å². The van der Waals surface area contributed by atoms with Crippen LogP contribution >= 0.6 is 0 Å². The highest BCUT2D eigenvalue weighted by Gasteiger charge is 2.22. The smallest absolute Gasteiger partial charge is 0.407 e. The van der Waals surface area contributed by atoms with E-state index in [0.29, 0.717) is 37.9 Å². The van der Waals surface area contributed by atoms with Gasteiger partial charge in [0.1, 0.15) is 5.75 Å². The predicted octanol–water partition coefficient (Wildman–Crippen LogP) is 3.15. The van der Waals surface area contributed by atoms with E-state index in [4.69, 9.17) is 9.84 Å². The number of amides is 2. The number of benzene rings is 1. The number of hydrogen-bond acceptors (Lipinski definition) is 4. The van der Waals surface area contributed by atoms with Gasteiger partial charge in [-0.15, -0.1) is 0 Å². The van der Waals surface area contributed by atoms with Gasteiger partial charge in [0.05, 0.1) is 18.5 Å². The quantitative estimate of drug-likeness (QED) is 0.799. The zero-order chi connectivity index (χ0) is 19.9. The molecule has 0 spiro atoms. The van der Waals surface area contributed by atoms with E-state index in [1.165, 1.54) is 11.8 Å². The summed E-state index contributed by atoms with van der Waals surface area (Å²) in [5.74, 6) is 1.01. The second-order valence-electron chi connectivity index (χ2n) is 7.01. The van der Waals surface area contributed by atoms with Crippen molar-refractivity contribution in [3.8, 4) is 17.0 Å². The van der Waals surface area contributed by atoms with Gasteiger partial charge < -0.3 is 20.1 Å². The van der Waals surface area contributed by atoms with Gasteiger partial charge in [0.2, 0.25) is 5.91 Å². The summed E-state index contributed by atoms with van der Waals surface area (Å²) in [6.07, 6.45) is 2.50. The first-order chi connectivity index (χ1) is 13.5. The molecule has 1 fully saturated rings. The zero-order valence-electron chi connectivity index (χ0n) is 15.9. The summed E-state index contributed by atoms with van der Waals surface area (Å²) in [5.41, 5.74) is 2.84. The molecule has 0 atom stereocenters. The molecule has 0 aliphatic carbocycles. The van der Waals surface area contributed by atoms with E-state index < -0.39 is 6.09 Å². The van der Waals surface area contributed by atoms with Crippen molar-refractivity contribution in [2.45, 2.75) is 26.3 Å². The van der Waals surface area contributed by atoms with Crippen molar-refractivity contribution < 1.29 is 19.4 Å². The Morgan fingerprint density at radius 1 is 1.25 bits per heavy atom. The highest BCUT2D eigenvalue weighted by atomic mass is 16.5. The van der Waals surface area contributed by atoms with Crippen molar-refractivity contribution in [2.75, 3.05) is 19.7 Å². The van der Waals surface area contributed by atoms with Crippen LogP contribution in [0.4, 0.5) is 4.79 Å². The van der Waals surface area contributed by atoms with Gasteiger partial charge >= 0.3 is 6.09 Å². The number of likely N-dealkylation sites (tertiary alicyclic amines) is 1. The number of rotatable bonds is 6. The van der Waals surface area contributed by atoms with Crippen molar-refractivity contribution in [2.24, 2.45) is 5.92 Å². The van der Waals surface area contributed by atoms with Gasteiger partial charge in [0, 0.05) is 32.1 Å². The molecule has 0 radical (unpaired) electrons. The predicted molar refractivity (Wildman–Crippen MR) is 105 cm³/mol. The maximum atomic E-state index is 11.1. The molecule has 1 saturated heterocycles. The van der Waals surface area contributed by atoms with Crippen LogP contribution in [-0.4, -0.2) is 46.7 Å². The summed E-state index contributed by atoms with van der Waals surface area (Å²) >= 11 is 0. The van der Waals surface area contributed by atoms with Crippen LogP contribution in [0, 0.1) is 5.92 Å². The first-order valence-corrected chi connectivity index (χ1v) is 9.42. The lowest BCUT2D eigenvalue weighted by Crippen LogP contribution is -2.38. The fourth-order valence-corrected chi connectivity index (χ4v) is 3.21. The van der Waals surface area contributed by atoms with E-state index in [2.05, 4.69) is 10.3 Å². The van der Waals surface area contributed by atoms with Crippen LogP contribution in [0.2, 0.25) is 0 Å². The molecule has 1 aromatic heterocycles. The van der Waals surface area contributed by atoms with Gasteiger partial charge in [-0.3, -0.25) is 9.78 Å². The zero-order valence-corrected chi connectivity index (χ0v) is 15.9. The number of nitrogens with zero attached hydrogens (tertiary/aromatic N) is 2. The Morgan fingerprint density at radius 2 is 2.04 bits per heavy atom. The Morgan fingerprint density at radius 3 is 2.68 bits per heavy atom. The number of nitrogens with one attached hydrogen (secondary N) is 1. The summed E-state index contributed by atoms with van der Waals surface area (Å²) in [6.45, 7) is 3.69. The standard InChI is InChI=1S/C21H25N3O4/c1-15(25)22-12-17-3-2-4-18(11-17)20-6-5-19(13-23-20)28-14-16-7-9-24(10-8-16)21(26)27/h2-6,11,13,16H,7-10,12,14H2,1H3,(H,22,25)(H,26,27). The van der Waals surface area contributed by atoms with Gasteiger partial charge in [0.25, 0.3) is 0 Å². The van der Waals surface area contributed by atoms with Crippen LogP contribution in [0.25, 0.3) is 11.3 Å². The van der Waals surface area contributed by atoms with E-state index in [9.17, 15) is 9.59 Å². The maximum Gasteiger partial charge on any atom is 0.407 e. The largest absolute Gasteiger partial charge is 0.492 e. The fourth-order valence-electron chi connectivity index (χ4n) is 3.21. The van der Waals surface area contributed by atoms with Gasteiger partial charge in [-0.1, -0.05) is 18.2 Å². The van der Waals surface area contributed by atoms with Crippen molar-refractivity contribution >= 4 is 12.0 Å². The molecule has 28 heavy (non-hydrogen) atoms. The summed E-state index contributed by atoms with van der Waals surface area (Å²) in [4.78, 5) is 27.9. The molecule has 1 aliphatic rings. The number of aromatic nitrogens is 1. The Kier molecular flexibility index (Phi) is 6.47. The first kappa shape index (κ1) is 19.7. The van der Waals surface area contributed by atoms with E-state index in [1.807, 2.05) is 36.4 Å². The third kappa shape index (κ3) is 5.45. The third-order valence-corrected chi connectivity index (χ3v) is 4.87. The molecular formula is C21H25N3O4. The lowest BCUT2D eigenvalue weighted by molar-refractivity contribution is -0.119. The minimum Gasteiger partial charge on any atom is -0.492 e. The average molecular weight is 383 g/mol. The number of carboxylic acid groups (broad SMARTS) is 1. The maximum absolute atomic E-state index is 11.1. The molecular weight excluding hydrogens is 358 g/mol. The number of hydrogen-bond donors (Lipinski definition) is 2. The minimum atomic E-state index is -0.847. The van der Waals surface area contributed by atoms with Crippen LogP contribution in [0.3, 0.4) is 0 Å². The van der Waals surface area contributed by atoms with Crippen molar-refractivity contribution in [1.82, 2.24) is 15.2 Å². The lowest BCUT2D eigenvalue weighted by Gasteiger charge is -2.29. The molecule has 7 nitrogen and oxygen atoms in total. The molecule has 2 aromatic rings. The Bertz CT molecular complexity index is 815. The van der Waals surface area contributed by atoms with E-state index in [1.54, 1.807) is 6.20 Å². The number of carbonyl (C=O) groups excluding carboxylic acids is 1. The molecule has 0 unspecified atom stereocenters. The molecule has 1 aliphatic heterocycles. The number of pyridine rings is 1. The highest BCUT2D eigenvalue weighted by Crippen LogP contribution is 2.22. The molecule has 0 saturated carbocycles. The molecule has 7 heteroatoms. The van der Waals surface area contributed by atoms with E-state index in [0.717, 1.165) is 29.7 Å².